The highest BCUT2D eigenvalue weighted by Gasteiger charge is 2.33. The Kier molecular flexibility index (Phi) is 4.34. The molecule has 0 aliphatic carbocycles. The highest BCUT2D eigenvalue weighted by atomic mass is 79.9. The molecule has 1 atom stereocenters. The molecule has 0 aromatic heterocycles. The number of halogens is 1. The van der Waals surface area contributed by atoms with Crippen molar-refractivity contribution in [3.8, 4) is 0 Å². The molecular formula is C22H20BrNO. The molecule has 0 spiro atoms. The van der Waals surface area contributed by atoms with Crippen molar-refractivity contribution in [2.24, 2.45) is 0 Å². The molecule has 1 unspecified atom stereocenters. The SMILES string of the molecule is CCCN1C(=O)CC(c2ccccc2Br)c2c1ccc1ccccc21. The van der Waals surface area contributed by atoms with E-state index in [4.69, 9.17) is 0 Å². The quantitative estimate of drug-likeness (QED) is 0.543. The van der Waals surface area contributed by atoms with Gasteiger partial charge in [-0.25, -0.2) is 0 Å². The molecule has 1 heterocycles. The lowest BCUT2D eigenvalue weighted by atomic mass is 9.81. The standard InChI is InChI=1S/C22H20BrNO/c1-2-13-24-20-12-11-15-7-3-4-8-16(15)22(20)18(14-21(24)25)17-9-5-6-10-19(17)23/h3-12,18H,2,13-14H2,1H3. The predicted octanol–water partition coefficient (Wildman–Crippen LogP) is 5.88. The van der Waals surface area contributed by atoms with Crippen LogP contribution >= 0.6 is 15.9 Å². The second-order valence-corrected chi connectivity index (χ2v) is 7.40. The normalized spacial score (nSPS) is 17.0. The maximum Gasteiger partial charge on any atom is 0.227 e. The Hall–Kier alpha value is -2.13. The summed E-state index contributed by atoms with van der Waals surface area (Å²) in [5, 5.41) is 2.47. The van der Waals surface area contributed by atoms with Gasteiger partial charge in [-0.1, -0.05) is 71.4 Å². The van der Waals surface area contributed by atoms with Crippen LogP contribution in [-0.2, 0) is 4.79 Å². The number of carbonyl (C=O) groups is 1. The molecule has 3 aromatic carbocycles. The molecule has 0 N–H and O–H groups in total. The van der Waals surface area contributed by atoms with Crippen LogP contribution in [0.2, 0.25) is 0 Å². The van der Waals surface area contributed by atoms with Gasteiger partial charge in [0, 0.05) is 29.0 Å². The van der Waals surface area contributed by atoms with Crippen LogP contribution in [0.15, 0.2) is 65.1 Å². The molecule has 0 fully saturated rings. The molecule has 126 valence electrons. The third-order valence-corrected chi connectivity index (χ3v) is 5.72. The van der Waals surface area contributed by atoms with Gasteiger partial charge < -0.3 is 4.90 Å². The van der Waals surface area contributed by atoms with Gasteiger partial charge in [0.05, 0.1) is 0 Å². The summed E-state index contributed by atoms with van der Waals surface area (Å²) in [6.45, 7) is 2.89. The van der Waals surface area contributed by atoms with Crippen molar-refractivity contribution in [2.75, 3.05) is 11.4 Å². The van der Waals surface area contributed by atoms with E-state index in [1.54, 1.807) is 0 Å². The van der Waals surface area contributed by atoms with Crippen LogP contribution in [0.5, 0.6) is 0 Å². The molecule has 4 rings (SSSR count). The van der Waals surface area contributed by atoms with Gasteiger partial charge in [0.15, 0.2) is 0 Å². The first-order valence-corrected chi connectivity index (χ1v) is 9.56. The zero-order valence-electron chi connectivity index (χ0n) is 14.2. The summed E-state index contributed by atoms with van der Waals surface area (Å²) in [6.07, 6.45) is 1.47. The van der Waals surface area contributed by atoms with Crippen molar-refractivity contribution in [3.05, 3.63) is 76.3 Å². The summed E-state index contributed by atoms with van der Waals surface area (Å²) in [4.78, 5) is 14.9. The lowest BCUT2D eigenvalue weighted by Crippen LogP contribution is -2.37. The van der Waals surface area contributed by atoms with E-state index in [0.29, 0.717) is 6.42 Å². The maximum atomic E-state index is 12.9. The molecule has 0 radical (unpaired) electrons. The van der Waals surface area contributed by atoms with Gasteiger partial charge in [-0.3, -0.25) is 4.79 Å². The van der Waals surface area contributed by atoms with Gasteiger partial charge >= 0.3 is 0 Å². The van der Waals surface area contributed by atoms with E-state index in [-0.39, 0.29) is 11.8 Å². The lowest BCUT2D eigenvalue weighted by Gasteiger charge is -2.35. The number of anilines is 1. The Morgan fingerprint density at radius 2 is 1.80 bits per heavy atom. The Balaban J connectivity index is 2.00. The van der Waals surface area contributed by atoms with Crippen LogP contribution < -0.4 is 4.90 Å². The Morgan fingerprint density at radius 1 is 1.04 bits per heavy atom. The van der Waals surface area contributed by atoms with Crippen LogP contribution in [0.4, 0.5) is 5.69 Å². The third-order valence-electron chi connectivity index (χ3n) is 4.99. The van der Waals surface area contributed by atoms with Crippen molar-refractivity contribution >= 4 is 38.3 Å². The average molecular weight is 394 g/mol. The van der Waals surface area contributed by atoms with Crippen LogP contribution in [0.3, 0.4) is 0 Å². The van der Waals surface area contributed by atoms with Crippen molar-refractivity contribution in [3.63, 3.8) is 0 Å². The molecular weight excluding hydrogens is 374 g/mol. The van der Waals surface area contributed by atoms with E-state index in [1.807, 2.05) is 17.0 Å². The zero-order chi connectivity index (χ0) is 17.4. The van der Waals surface area contributed by atoms with Crippen molar-refractivity contribution < 1.29 is 4.79 Å². The van der Waals surface area contributed by atoms with Crippen LogP contribution in [0.1, 0.15) is 36.8 Å². The van der Waals surface area contributed by atoms with Crippen molar-refractivity contribution in [1.29, 1.82) is 0 Å². The molecule has 1 aliphatic rings. The molecule has 1 amide bonds. The Bertz CT molecular complexity index is 950. The molecule has 0 saturated carbocycles. The number of rotatable bonds is 3. The van der Waals surface area contributed by atoms with Crippen molar-refractivity contribution in [1.82, 2.24) is 0 Å². The van der Waals surface area contributed by atoms with Gasteiger partial charge in [0.25, 0.3) is 0 Å². The fraction of sp³-hybridized carbons (Fsp3) is 0.227. The largest absolute Gasteiger partial charge is 0.312 e. The number of benzene rings is 3. The zero-order valence-corrected chi connectivity index (χ0v) is 15.8. The predicted molar refractivity (Wildman–Crippen MR) is 107 cm³/mol. The van der Waals surface area contributed by atoms with Gasteiger partial charge in [-0.15, -0.1) is 0 Å². The van der Waals surface area contributed by atoms with E-state index < -0.39 is 0 Å². The summed E-state index contributed by atoms with van der Waals surface area (Å²) >= 11 is 3.69. The van der Waals surface area contributed by atoms with E-state index in [9.17, 15) is 4.79 Å². The molecule has 3 heteroatoms. The van der Waals surface area contributed by atoms with Gasteiger partial charge in [-0.2, -0.15) is 0 Å². The first kappa shape index (κ1) is 16.3. The monoisotopic (exact) mass is 393 g/mol. The molecule has 1 aliphatic heterocycles. The Labute approximate surface area is 156 Å². The van der Waals surface area contributed by atoms with E-state index in [0.717, 1.165) is 23.1 Å². The number of hydrogen-bond acceptors (Lipinski definition) is 1. The fourth-order valence-corrected chi connectivity index (χ4v) is 4.46. The summed E-state index contributed by atoms with van der Waals surface area (Å²) in [5.74, 6) is 0.294. The van der Waals surface area contributed by atoms with E-state index >= 15 is 0 Å². The number of amides is 1. The molecule has 3 aromatic rings. The Morgan fingerprint density at radius 3 is 2.60 bits per heavy atom. The number of nitrogens with zero attached hydrogens (tertiary/aromatic N) is 1. The van der Waals surface area contributed by atoms with Crippen molar-refractivity contribution in [2.45, 2.75) is 25.7 Å². The summed E-state index contributed by atoms with van der Waals surface area (Å²) in [5.41, 5.74) is 3.53. The lowest BCUT2D eigenvalue weighted by molar-refractivity contribution is -0.119. The number of carbonyl (C=O) groups excluding carboxylic acids is 1. The molecule has 2 nitrogen and oxygen atoms in total. The minimum Gasteiger partial charge on any atom is -0.312 e. The summed E-state index contributed by atoms with van der Waals surface area (Å²) in [6, 6.07) is 21.0. The maximum absolute atomic E-state index is 12.9. The first-order valence-electron chi connectivity index (χ1n) is 8.77. The highest BCUT2D eigenvalue weighted by Crippen LogP contribution is 2.45. The number of hydrogen-bond donors (Lipinski definition) is 0. The highest BCUT2D eigenvalue weighted by molar-refractivity contribution is 9.10. The summed E-state index contributed by atoms with van der Waals surface area (Å²) in [7, 11) is 0. The van der Waals surface area contributed by atoms with Crippen LogP contribution in [0, 0.1) is 0 Å². The van der Waals surface area contributed by atoms with E-state index in [1.165, 1.54) is 21.9 Å². The molecule has 0 bridgehead atoms. The van der Waals surface area contributed by atoms with Crippen LogP contribution in [-0.4, -0.2) is 12.5 Å². The number of fused-ring (bicyclic) bond motifs is 3. The second kappa shape index (κ2) is 6.64. The minimum absolute atomic E-state index is 0.0808. The summed E-state index contributed by atoms with van der Waals surface area (Å²) < 4.78 is 1.07. The van der Waals surface area contributed by atoms with Crippen LogP contribution in [0.25, 0.3) is 10.8 Å². The molecule has 0 saturated heterocycles. The topological polar surface area (TPSA) is 20.3 Å². The third kappa shape index (κ3) is 2.77. The smallest absolute Gasteiger partial charge is 0.227 e. The second-order valence-electron chi connectivity index (χ2n) is 6.54. The van der Waals surface area contributed by atoms with Gasteiger partial charge in [0.2, 0.25) is 5.91 Å². The fourth-order valence-electron chi connectivity index (χ4n) is 3.90. The minimum atomic E-state index is 0.0808. The van der Waals surface area contributed by atoms with E-state index in [2.05, 4.69) is 71.4 Å². The average Bonchev–Trinajstić information content (AvgIpc) is 2.64. The molecule has 25 heavy (non-hydrogen) atoms. The van der Waals surface area contributed by atoms with Gasteiger partial charge in [0.1, 0.15) is 0 Å². The van der Waals surface area contributed by atoms with Gasteiger partial charge in [-0.05, 0) is 40.5 Å². The first-order chi connectivity index (χ1) is 12.2.